The van der Waals surface area contributed by atoms with Crippen LogP contribution in [0.2, 0.25) is 0 Å². The van der Waals surface area contributed by atoms with Gasteiger partial charge in [0.15, 0.2) is 0 Å². The van der Waals surface area contributed by atoms with Crippen molar-refractivity contribution in [2.24, 2.45) is 0 Å². The molecule has 0 heterocycles. The van der Waals surface area contributed by atoms with Gasteiger partial charge in [0, 0.05) is 10.5 Å². The van der Waals surface area contributed by atoms with Gasteiger partial charge in [-0.25, -0.2) is 0 Å². The summed E-state index contributed by atoms with van der Waals surface area (Å²) in [7, 11) is 0. The lowest BCUT2D eigenvalue weighted by Crippen LogP contribution is -2.08. The Kier molecular flexibility index (Phi) is 4.24. The van der Waals surface area contributed by atoms with E-state index in [4.69, 9.17) is 5.26 Å². The van der Waals surface area contributed by atoms with Crippen molar-refractivity contribution < 1.29 is 0 Å². The maximum atomic E-state index is 9.13. The average Bonchev–Trinajstić information content (AvgIpc) is 2.39. The van der Waals surface area contributed by atoms with E-state index in [1.54, 1.807) is 0 Å². The molecule has 3 heteroatoms. The summed E-state index contributed by atoms with van der Waals surface area (Å²) in [4.78, 5) is 0. The Morgan fingerprint density at radius 2 is 2.00 bits per heavy atom. The number of benzene rings is 2. The van der Waals surface area contributed by atoms with Crippen LogP contribution in [0.25, 0.3) is 0 Å². The third kappa shape index (κ3) is 3.36. The molecule has 0 radical (unpaired) electrons. The molecule has 0 aliphatic carbocycles. The lowest BCUT2D eigenvalue weighted by atomic mass is 10.0. The van der Waals surface area contributed by atoms with Gasteiger partial charge in [-0.05, 0) is 37.6 Å². The van der Waals surface area contributed by atoms with Crippen molar-refractivity contribution in [2.45, 2.75) is 19.9 Å². The molecule has 0 bridgehead atoms. The van der Waals surface area contributed by atoms with E-state index in [9.17, 15) is 0 Å². The van der Waals surface area contributed by atoms with Crippen molar-refractivity contribution in [3.8, 4) is 6.07 Å². The summed E-state index contributed by atoms with van der Waals surface area (Å²) in [6.45, 7) is 4.17. The summed E-state index contributed by atoms with van der Waals surface area (Å²) >= 11 is 3.43. The highest BCUT2D eigenvalue weighted by Gasteiger charge is 2.09. The zero-order valence-corrected chi connectivity index (χ0v) is 12.5. The number of anilines is 1. The van der Waals surface area contributed by atoms with Gasteiger partial charge in [0.05, 0.1) is 11.3 Å². The third-order valence-corrected chi connectivity index (χ3v) is 3.51. The van der Waals surface area contributed by atoms with E-state index in [1.807, 2.05) is 18.2 Å². The van der Waals surface area contributed by atoms with Crippen LogP contribution < -0.4 is 5.32 Å². The van der Waals surface area contributed by atoms with Gasteiger partial charge in [-0.15, -0.1) is 0 Å². The fourth-order valence-electron chi connectivity index (χ4n) is 1.99. The molecular formula is C16H15BrN2. The van der Waals surface area contributed by atoms with Crippen LogP contribution in [0.15, 0.2) is 46.9 Å². The quantitative estimate of drug-likeness (QED) is 0.883. The molecule has 1 atom stereocenters. The highest BCUT2D eigenvalue weighted by atomic mass is 79.9. The van der Waals surface area contributed by atoms with Gasteiger partial charge >= 0.3 is 0 Å². The molecular weight excluding hydrogens is 300 g/mol. The number of nitrogens with zero attached hydrogens (tertiary/aromatic N) is 1. The minimum atomic E-state index is 0.154. The fourth-order valence-corrected chi connectivity index (χ4v) is 2.35. The molecule has 2 rings (SSSR count). The van der Waals surface area contributed by atoms with Crippen molar-refractivity contribution in [1.29, 1.82) is 5.26 Å². The molecule has 0 aliphatic rings. The zero-order chi connectivity index (χ0) is 13.8. The average molecular weight is 315 g/mol. The molecule has 2 aromatic carbocycles. The molecule has 0 saturated heterocycles. The molecule has 96 valence electrons. The summed E-state index contributed by atoms with van der Waals surface area (Å²) in [5.74, 6) is 0. The van der Waals surface area contributed by atoms with Gasteiger partial charge in [-0.2, -0.15) is 5.26 Å². The Balaban J connectivity index is 2.26. The SMILES string of the molecule is Cc1cccc(C(C)Nc2cc(Br)ccc2C#N)c1. The first kappa shape index (κ1) is 13.6. The monoisotopic (exact) mass is 314 g/mol. The molecule has 0 aliphatic heterocycles. The summed E-state index contributed by atoms with van der Waals surface area (Å²) in [5, 5.41) is 12.5. The van der Waals surface area contributed by atoms with Crippen molar-refractivity contribution in [3.63, 3.8) is 0 Å². The van der Waals surface area contributed by atoms with Crippen LogP contribution in [0.1, 0.15) is 29.7 Å². The summed E-state index contributed by atoms with van der Waals surface area (Å²) in [6.07, 6.45) is 0. The Bertz CT molecular complexity index is 629. The van der Waals surface area contributed by atoms with E-state index in [0.29, 0.717) is 5.56 Å². The van der Waals surface area contributed by atoms with E-state index in [0.717, 1.165) is 10.2 Å². The molecule has 19 heavy (non-hydrogen) atoms. The standard InChI is InChI=1S/C16H15BrN2/c1-11-4-3-5-13(8-11)12(2)19-16-9-15(17)7-6-14(16)10-18/h3-9,12,19H,1-2H3. The summed E-state index contributed by atoms with van der Waals surface area (Å²) < 4.78 is 0.963. The Labute approximate surface area is 122 Å². The van der Waals surface area contributed by atoms with E-state index in [2.05, 4.69) is 65.4 Å². The molecule has 1 N–H and O–H groups in total. The largest absolute Gasteiger partial charge is 0.377 e. The summed E-state index contributed by atoms with van der Waals surface area (Å²) in [5.41, 5.74) is 3.96. The van der Waals surface area contributed by atoms with Gasteiger partial charge in [0.1, 0.15) is 6.07 Å². The second-order valence-corrected chi connectivity index (χ2v) is 5.50. The second kappa shape index (κ2) is 5.90. The van der Waals surface area contributed by atoms with Crippen LogP contribution >= 0.6 is 15.9 Å². The fraction of sp³-hybridized carbons (Fsp3) is 0.188. The Hall–Kier alpha value is -1.79. The van der Waals surface area contributed by atoms with E-state index in [1.165, 1.54) is 11.1 Å². The minimum Gasteiger partial charge on any atom is -0.377 e. The predicted molar refractivity (Wildman–Crippen MR) is 82.1 cm³/mol. The van der Waals surface area contributed by atoms with E-state index in [-0.39, 0.29) is 6.04 Å². The second-order valence-electron chi connectivity index (χ2n) is 4.58. The maximum Gasteiger partial charge on any atom is 0.101 e. The first-order valence-corrected chi connectivity index (χ1v) is 6.92. The Morgan fingerprint density at radius 1 is 1.21 bits per heavy atom. The van der Waals surface area contributed by atoms with Gasteiger partial charge in [0.25, 0.3) is 0 Å². The van der Waals surface area contributed by atoms with Crippen molar-refractivity contribution in [1.82, 2.24) is 0 Å². The predicted octanol–water partition coefficient (Wildman–Crippen LogP) is 4.80. The highest BCUT2D eigenvalue weighted by molar-refractivity contribution is 9.10. The van der Waals surface area contributed by atoms with E-state index >= 15 is 0 Å². The molecule has 0 fully saturated rings. The number of nitriles is 1. The third-order valence-electron chi connectivity index (χ3n) is 3.02. The highest BCUT2D eigenvalue weighted by Crippen LogP contribution is 2.25. The number of rotatable bonds is 3. The minimum absolute atomic E-state index is 0.154. The molecule has 0 saturated carbocycles. The molecule has 2 aromatic rings. The smallest absolute Gasteiger partial charge is 0.101 e. The number of halogens is 1. The van der Waals surface area contributed by atoms with Crippen LogP contribution in [0.5, 0.6) is 0 Å². The number of nitrogens with one attached hydrogen (secondary N) is 1. The van der Waals surface area contributed by atoms with Crippen LogP contribution in [0, 0.1) is 18.3 Å². The van der Waals surface area contributed by atoms with Crippen LogP contribution in [-0.2, 0) is 0 Å². The normalized spacial score (nSPS) is 11.7. The topological polar surface area (TPSA) is 35.8 Å². The molecule has 1 unspecified atom stereocenters. The van der Waals surface area contributed by atoms with Crippen LogP contribution in [0.3, 0.4) is 0 Å². The lowest BCUT2D eigenvalue weighted by Gasteiger charge is -2.17. The van der Waals surface area contributed by atoms with Gasteiger partial charge < -0.3 is 5.32 Å². The summed E-state index contributed by atoms with van der Waals surface area (Å²) in [6, 6.07) is 16.4. The van der Waals surface area contributed by atoms with E-state index < -0.39 is 0 Å². The Morgan fingerprint density at radius 3 is 2.68 bits per heavy atom. The number of aryl methyl sites for hydroxylation is 1. The molecule has 0 spiro atoms. The van der Waals surface area contributed by atoms with Gasteiger partial charge in [-0.1, -0.05) is 45.8 Å². The zero-order valence-electron chi connectivity index (χ0n) is 10.9. The van der Waals surface area contributed by atoms with Gasteiger partial charge in [0.2, 0.25) is 0 Å². The number of hydrogen-bond acceptors (Lipinski definition) is 2. The van der Waals surface area contributed by atoms with Crippen molar-refractivity contribution >= 4 is 21.6 Å². The van der Waals surface area contributed by atoms with Crippen molar-refractivity contribution in [2.75, 3.05) is 5.32 Å². The maximum absolute atomic E-state index is 9.13. The molecule has 2 nitrogen and oxygen atoms in total. The molecule has 0 aromatic heterocycles. The van der Waals surface area contributed by atoms with Crippen molar-refractivity contribution in [3.05, 3.63) is 63.6 Å². The van der Waals surface area contributed by atoms with Crippen LogP contribution in [0.4, 0.5) is 5.69 Å². The first-order valence-electron chi connectivity index (χ1n) is 6.13. The van der Waals surface area contributed by atoms with Gasteiger partial charge in [-0.3, -0.25) is 0 Å². The van der Waals surface area contributed by atoms with Crippen LogP contribution in [-0.4, -0.2) is 0 Å². The first-order chi connectivity index (χ1) is 9.10. The number of hydrogen-bond donors (Lipinski definition) is 1. The lowest BCUT2D eigenvalue weighted by molar-refractivity contribution is 0.882. The molecule has 0 amide bonds.